The van der Waals surface area contributed by atoms with E-state index in [1.165, 1.54) is 22.9 Å². The zero-order valence-electron chi connectivity index (χ0n) is 16.6. The first-order valence-corrected chi connectivity index (χ1v) is 10.1. The van der Waals surface area contributed by atoms with Crippen LogP contribution in [-0.4, -0.2) is 32.0 Å². The Labute approximate surface area is 176 Å². The Morgan fingerprint density at radius 1 is 1.57 bits per heavy atom. The van der Waals surface area contributed by atoms with Crippen molar-refractivity contribution in [3.8, 4) is 11.8 Å². The van der Waals surface area contributed by atoms with Crippen molar-refractivity contribution in [2.45, 2.75) is 30.3 Å². The summed E-state index contributed by atoms with van der Waals surface area (Å²) in [5, 5.41) is 27.3. The van der Waals surface area contributed by atoms with E-state index in [0.717, 1.165) is 6.07 Å². The van der Waals surface area contributed by atoms with Gasteiger partial charge in [0.05, 0.1) is 17.8 Å². The number of hydrogen-bond donors (Lipinski definition) is 3. The van der Waals surface area contributed by atoms with Crippen LogP contribution < -0.4 is 15.2 Å². The van der Waals surface area contributed by atoms with Crippen molar-refractivity contribution in [3.05, 3.63) is 54.1 Å². The molecule has 0 bridgehead atoms. The lowest BCUT2D eigenvalue weighted by molar-refractivity contribution is 0.0394. The highest BCUT2D eigenvalue weighted by Crippen LogP contribution is 2.30. The smallest absolute Gasteiger partial charge is 0.276 e. The second-order valence-electron chi connectivity index (χ2n) is 6.93. The van der Waals surface area contributed by atoms with Crippen LogP contribution in [0, 0.1) is 17.1 Å². The van der Waals surface area contributed by atoms with Gasteiger partial charge in [-0.05, 0) is 31.5 Å². The van der Waals surface area contributed by atoms with Gasteiger partial charge in [0.2, 0.25) is 0 Å². The quantitative estimate of drug-likeness (QED) is 0.522. The molecule has 1 heterocycles. The van der Waals surface area contributed by atoms with E-state index in [-0.39, 0.29) is 40.6 Å². The van der Waals surface area contributed by atoms with Crippen molar-refractivity contribution in [1.29, 1.82) is 5.26 Å². The van der Waals surface area contributed by atoms with Crippen LogP contribution in [0.4, 0.5) is 10.1 Å². The van der Waals surface area contributed by atoms with Crippen molar-refractivity contribution in [2.24, 2.45) is 12.2 Å². The molecule has 2 aromatic rings. The minimum atomic E-state index is -1.93. The molecule has 0 aliphatic carbocycles. The van der Waals surface area contributed by atoms with E-state index in [1.54, 1.807) is 26.1 Å². The first-order valence-electron chi connectivity index (χ1n) is 8.92. The fraction of sp³-hybridized carbons (Fsp3) is 0.300. The second kappa shape index (κ2) is 9.67. The van der Waals surface area contributed by atoms with E-state index in [1.807, 2.05) is 0 Å². The lowest BCUT2D eigenvalue weighted by Gasteiger charge is -2.21. The number of nitrogens with zero attached hydrogens (tertiary/aromatic N) is 2. The van der Waals surface area contributed by atoms with Gasteiger partial charge in [-0.25, -0.2) is 13.7 Å². The van der Waals surface area contributed by atoms with Gasteiger partial charge in [-0.1, -0.05) is 6.08 Å². The highest BCUT2D eigenvalue weighted by molar-refractivity contribution is 7.82. The van der Waals surface area contributed by atoms with Gasteiger partial charge in [-0.2, -0.15) is 5.26 Å². The van der Waals surface area contributed by atoms with E-state index in [9.17, 15) is 18.5 Å². The number of hydrogen-bond acceptors (Lipinski definition) is 5. The highest BCUT2D eigenvalue weighted by Gasteiger charge is 2.26. The number of nitrogens with two attached hydrogens (primary N) is 1. The molecular weight excluding hydrogens is 411 g/mol. The van der Waals surface area contributed by atoms with Gasteiger partial charge in [0, 0.05) is 25.4 Å². The number of aliphatic hydroxyl groups is 1. The summed E-state index contributed by atoms with van der Waals surface area (Å²) in [5.41, 5.74) is -1.03. The van der Waals surface area contributed by atoms with Crippen molar-refractivity contribution in [3.63, 3.8) is 0 Å². The number of aromatic nitrogens is 1. The largest absolute Gasteiger partial charge is 0.490 e. The van der Waals surface area contributed by atoms with Gasteiger partial charge in [0.1, 0.15) is 27.8 Å². The molecule has 4 N–H and O–H groups in total. The molecule has 0 fully saturated rings. The van der Waals surface area contributed by atoms with Gasteiger partial charge in [-0.3, -0.25) is 4.79 Å². The van der Waals surface area contributed by atoms with E-state index in [4.69, 9.17) is 15.1 Å². The van der Waals surface area contributed by atoms with Gasteiger partial charge in [-0.15, -0.1) is 6.58 Å². The van der Waals surface area contributed by atoms with Crippen molar-refractivity contribution < 1.29 is 23.2 Å². The minimum Gasteiger partial charge on any atom is -0.490 e. The molecule has 2 rings (SSSR count). The highest BCUT2D eigenvalue weighted by atomic mass is 32.2. The normalized spacial score (nSPS) is 13.7. The molecule has 10 heteroatoms. The summed E-state index contributed by atoms with van der Waals surface area (Å²) in [6.07, 6.45) is 3.57. The van der Waals surface area contributed by atoms with Crippen LogP contribution in [0.25, 0.3) is 0 Å². The number of carbonyl (C=O) groups excluding carboxylic acids is 1. The average molecular weight is 434 g/mol. The molecule has 0 spiro atoms. The van der Waals surface area contributed by atoms with Gasteiger partial charge < -0.3 is 19.7 Å². The molecular formula is C20H23FN4O4S. The Morgan fingerprint density at radius 3 is 2.87 bits per heavy atom. The first-order chi connectivity index (χ1) is 14.1. The van der Waals surface area contributed by atoms with Crippen LogP contribution in [0.5, 0.6) is 5.75 Å². The summed E-state index contributed by atoms with van der Waals surface area (Å²) in [4.78, 5) is 13.0. The zero-order valence-corrected chi connectivity index (χ0v) is 17.5. The van der Waals surface area contributed by atoms with Crippen LogP contribution in [0.3, 0.4) is 0 Å². The molecule has 0 saturated heterocycles. The van der Waals surface area contributed by atoms with E-state index in [2.05, 4.69) is 11.9 Å². The number of benzene rings is 1. The van der Waals surface area contributed by atoms with E-state index in [0.29, 0.717) is 6.42 Å². The maximum atomic E-state index is 13.5. The molecule has 0 aliphatic rings. The first kappa shape index (κ1) is 23.3. The van der Waals surface area contributed by atoms with Gasteiger partial charge in [0.15, 0.2) is 11.4 Å². The summed E-state index contributed by atoms with van der Waals surface area (Å²) >= 11 is 0. The average Bonchev–Trinajstić information content (AvgIpc) is 2.99. The number of aryl methyl sites for hydroxylation is 1. The van der Waals surface area contributed by atoms with E-state index >= 15 is 0 Å². The molecule has 160 valence electrons. The number of amides is 1. The maximum Gasteiger partial charge on any atom is 0.276 e. The Balaban J connectivity index is 2.30. The number of rotatable bonds is 9. The summed E-state index contributed by atoms with van der Waals surface area (Å²) in [5.74, 6) is -1.31. The van der Waals surface area contributed by atoms with Crippen LogP contribution in [-0.2, 0) is 18.0 Å². The Hall–Kier alpha value is -3.00. The topological polar surface area (TPSA) is 130 Å². The predicted molar refractivity (Wildman–Crippen MR) is 111 cm³/mol. The predicted octanol–water partition coefficient (Wildman–Crippen LogP) is 2.37. The third-order valence-electron chi connectivity index (χ3n) is 4.35. The second-order valence-corrected chi connectivity index (χ2v) is 7.96. The Bertz CT molecular complexity index is 1030. The summed E-state index contributed by atoms with van der Waals surface area (Å²) < 4.78 is 32.5. The van der Waals surface area contributed by atoms with Crippen LogP contribution in [0.15, 0.2) is 41.9 Å². The Kier molecular flexibility index (Phi) is 7.50. The van der Waals surface area contributed by atoms with E-state index < -0.39 is 28.3 Å². The molecule has 2 unspecified atom stereocenters. The van der Waals surface area contributed by atoms with Crippen molar-refractivity contribution >= 4 is 22.6 Å². The Morgan fingerprint density at radius 2 is 2.27 bits per heavy atom. The molecule has 2 atom stereocenters. The van der Waals surface area contributed by atoms with Crippen molar-refractivity contribution in [1.82, 2.24) is 4.57 Å². The van der Waals surface area contributed by atoms with Crippen LogP contribution in [0.2, 0.25) is 0 Å². The molecule has 0 saturated carbocycles. The molecule has 8 nitrogen and oxygen atoms in total. The fourth-order valence-electron chi connectivity index (χ4n) is 2.79. The summed E-state index contributed by atoms with van der Waals surface area (Å²) in [6, 6.07) is 5.28. The molecule has 0 radical (unpaired) electrons. The number of ether oxygens (including phenoxy) is 1. The number of halogens is 1. The fourth-order valence-corrected chi connectivity index (χ4v) is 3.39. The molecule has 0 aliphatic heterocycles. The number of nitrogens with one attached hydrogen (secondary N) is 1. The third kappa shape index (κ3) is 5.54. The molecule has 30 heavy (non-hydrogen) atoms. The maximum absolute atomic E-state index is 13.5. The van der Waals surface area contributed by atoms with Crippen molar-refractivity contribution in [2.75, 3.05) is 11.9 Å². The van der Waals surface area contributed by atoms with Gasteiger partial charge in [0.25, 0.3) is 5.91 Å². The monoisotopic (exact) mass is 434 g/mol. The number of anilines is 1. The number of nitriles is 1. The SMILES string of the molecule is C=CCC(C)(O)CCOc1c(S(N)=O)cn(C)c1C(=O)Nc1ccc(F)c(C#N)c1. The lowest BCUT2D eigenvalue weighted by Crippen LogP contribution is -2.26. The zero-order chi connectivity index (χ0) is 22.5. The van der Waals surface area contributed by atoms with Gasteiger partial charge >= 0.3 is 0 Å². The lowest BCUT2D eigenvalue weighted by atomic mass is 9.99. The standard InChI is InChI=1S/C20H23FN4O4S/c1-4-7-20(2,27)8-9-29-18-16(30(23)28)12-25(3)17(18)19(26)24-14-5-6-15(21)13(10-14)11-22/h4-6,10,12,27H,1,7-9,23H2,2-3H3,(H,24,26). The molecule has 1 amide bonds. The third-order valence-corrected chi connectivity index (χ3v) is 5.07. The van der Waals surface area contributed by atoms with Crippen LogP contribution >= 0.6 is 0 Å². The summed E-state index contributed by atoms with van der Waals surface area (Å²) in [6.45, 7) is 5.25. The minimum absolute atomic E-state index is 0.0212. The molecule has 1 aromatic carbocycles. The molecule has 1 aromatic heterocycles. The van der Waals surface area contributed by atoms with Crippen LogP contribution in [0.1, 0.15) is 35.8 Å². The summed E-state index contributed by atoms with van der Waals surface area (Å²) in [7, 11) is -0.373. The number of carbonyl (C=O) groups is 1.